The number of carboxylic acid groups (broad SMARTS) is 2. The Hall–Kier alpha value is -1.17. The fraction of sp³-hybridized carbons (Fsp3) is 0.750. The van der Waals surface area contributed by atoms with Crippen LogP contribution in [-0.2, 0) is 9.59 Å². The minimum atomic E-state index is -1.94. The molecule has 2 aliphatic carbocycles. The van der Waals surface area contributed by atoms with Crippen molar-refractivity contribution in [2.24, 2.45) is 17.1 Å². The van der Waals surface area contributed by atoms with Crippen LogP contribution in [0.3, 0.4) is 0 Å². The summed E-state index contributed by atoms with van der Waals surface area (Å²) in [5, 5.41) is 17.7. The summed E-state index contributed by atoms with van der Waals surface area (Å²) >= 11 is 0. The minimum Gasteiger partial charge on any atom is -0.481 e. The first-order chi connectivity index (χ1) is 6.39. The van der Waals surface area contributed by atoms with Crippen molar-refractivity contribution in [3.05, 3.63) is 0 Å². The quantitative estimate of drug-likeness (QED) is 0.567. The van der Waals surface area contributed by atoms with Gasteiger partial charge in [0, 0.05) is 5.92 Å². The van der Waals surface area contributed by atoms with Gasteiger partial charge in [0.1, 0.15) is 17.1 Å². The summed E-state index contributed by atoms with van der Waals surface area (Å²) in [6.07, 6.45) is -1.36. The molecule has 0 aromatic rings. The summed E-state index contributed by atoms with van der Waals surface area (Å²) in [7, 11) is 0. The fourth-order valence-corrected chi connectivity index (χ4v) is 2.71. The van der Waals surface area contributed by atoms with Crippen molar-refractivity contribution in [3.8, 4) is 0 Å². The Balaban J connectivity index is 2.47. The highest BCUT2D eigenvalue weighted by Crippen LogP contribution is 2.69. The molecule has 4 atom stereocenters. The Morgan fingerprint density at radius 1 is 1.36 bits per heavy atom. The second-order valence-corrected chi connectivity index (χ2v) is 4.00. The molecule has 0 aliphatic heterocycles. The summed E-state index contributed by atoms with van der Waals surface area (Å²) < 4.78 is 13.3. The van der Waals surface area contributed by atoms with Crippen LogP contribution in [0.5, 0.6) is 0 Å². The maximum atomic E-state index is 13.3. The average Bonchev–Trinajstić information content (AvgIpc) is 2.51. The van der Waals surface area contributed by atoms with E-state index in [-0.39, 0.29) is 12.8 Å². The van der Waals surface area contributed by atoms with E-state index in [2.05, 4.69) is 0 Å². The predicted octanol–water partition coefficient (Wildman–Crippen LogP) is -0.399. The number of hydrogen-bond acceptors (Lipinski definition) is 3. The molecule has 2 saturated carbocycles. The lowest BCUT2D eigenvalue weighted by molar-refractivity contribution is -0.158. The molecule has 0 aromatic heterocycles. The molecule has 78 valence electrons. The molecule has 0 spiro atoms. The molecular formula is C8H10FNO4. The van der Waals surface area contributed by atoms with Gasteiger partial charge in [-0.05, 0) is 12.8 Å². The zero-order chi connectivity index (χ0) is 10.7. The van der Waals surface area contributed by atoms with E-state index in [1.165, 1.54) is 0 Å². The van der Waals surface area contributed by atoms with E-state index in [1.54, 1.807) is 0 Å². The molecule has 0 radical (unpaired) electrons. The molecule has 5 nitrogen and oxygen atoms in total. The number of hydrogen-bond donors (Lipinski definition) is 3. The van der Waals surface area contributed by atoms with Gasteiger partial charge in [-0.2, -0.15) is 0 Å². The van der Waals surface area contributed by atoms with E-state index in [4.69, 9.17) is 15.9 Å². The Bertz CT molecular complexity index is 333. The molecule has 6 heteroatoms. The molecule has 2 rings (SSSR count). The number of carboxylic acids is 2. The van der Waals surface area contributed by atoms with Crippen LogP contribution in [0, 0.1) is 11.3 Å². The fourth-order valence-electron chi connectivity index (χ4n) is 2.71. The van der Waals surface area contributed by atoms with E-state index in [1.807, 2.05) is 0 Å². The second kappa shape index (κ2) is 2.25. The third-order valence-electron chi connectivity index (χ3n) is 3.59. The lowest BCUT2D eigenvalue weighted by atomic mass is 9.82. The summed E-state index contributed by atoms with van der Waals surface area (Å²) in [4.78, 5) is 21.8. The monoisotopic (exact) mass is 203 g/mol. The first-order valence-corrected chi connectivity index (χ1v) is 4.28. The average molecular weight is 203 g/mol. The number of nitrogens with two attached hydrogens (primary N) is 1. The lowest BCUT2D eigenvalue weighted by Gasteiger charge is -2.27. The molecule has 2 fully saturated rings. The maximum absolute atomic E-state index is 13.3. The Kier molecular flexibility index (Phi) is 1.51. The molecule has 0 heterocycles. The standard InChI is InChI=1S/C8H10FNO4/c9-4-3-1-2-7(10,5(11)12)8(3,4)6(13)14/h3-4H,1-2,10H2,(H,11,12)(H,13,14). The number of carbonyl (C=O) groups is 2. The van der Waals surface area contributed by atoms with Crippen LogP contribution in [0.25, 0.3) is 0 Å². The van der Waals surface area contributed by atoms with Gasteiger partial charge in [0.15, 0.2) is 0 Å². The zero-order valence-electron chi connectivity index (χ0n) is 7.24. The predicted molar refractivity (Wildman–Crippen MR) is 42.2 cm³/mol. The highest BCUT2D eigenvalue weighted by Gasteiger charge is 2.85. The van der Waals surface area contributed by atoms with Gasteiger partial charge in [-0.15, -0.1) is 0 Å². The smallest absolute Gasteiger partial charge is 0.325 e. The number of fused-ring (bicyclic) bond motifs is 1. The van der Waals surface area contributed by atoms with E-state index >= 15 is 0 Å². The summed E-state index contributed by atoms with van der Waals surface area (Å²) in [5.41, 5.74) is 1.68. The van der Waals surface area contributed by atoms with Crippen LogP contribution in [0.4, 0.5) is 4.39 Å². The van der Waals surface area contributed by atoms with Crippen LogP contribution < -0.4 is 5.73 Å². The summed E-state index contributed by atoms with van der Waals surface area (Å²) in [5.74, 6) is -3.58. The van der Waals surface area contributed by atoms with Gasteiger partial charge in [-0.1, -0.05) is 0 Å². The molecular weight excluding hydrogens is 193 g/mol. The first kappa shape index (κ1) is 9.39. The van der Waals surface area contributed by atoms with Crippen LogP contribution >= 0.6 is 0 Å². The van der Waals surface area contributed by atoms with Gasteiger partial charge in [0.05, 0.1) is 0 Å². The number of rotatable bonds is 2. The molecule has 0 aromatic carbocycles. The lowest BCUT2D eigenvalue weighted by Crippen LogP contribution is -2.57. The van der Waals surface area contributed by atoms with Crippen molar-refractivity contribution in [3.63, 3.8) is 0 Å². The SMILES string of the molecule is NC1(C(=O)O)CCC2C(F)C21C(=O)O. The van der Waals surface area contributed by atoms with Crippen LogP contribution in [0.1, 0.15) is 12.8 Å². The van der Waals surface area contributed by atoms with Crippen molar-refractivity contribution < 1.29 is 24.2 Å². The topological polar surface area (TPSA) is 101 Å². The zero-order valence-corrected chi connectivity index (χ0v) is 7.24. The Morgan fingerprint density at radius 2 is 1.93 bits per heavy atom. The molecule has 0 amide bonds. The van der Waals surface area contributed by atoms with Crippen molar-refractivity contribution in [2.75, 3.05) is 0 Å². The third kappa shape index (κ3) is 0.660. The Morgan fingerprint density at radius 3 is 2.21 bits per heavy atom. The van der Waals surface area contributed by atoms with Crippen molar-refractivity contribution in [1.29, 1.82) is 0 Å². The van der Waals surface area contributed by atoms with E-state index in [0.717, 1.165) is 0 Å². The van der Waals surface area contributed by atoms with E-state index < -0.39 is 35.0 Å². The van der Waals surface area contributed by atoms with Gasteiger partial charge in [-0.25, -0.2) is 4.39 Å². The first-order valence-electron chi connectivity index (χ1n) is 4.28. The molecule has 4 N–H and O–H groups in total. The molecule has 14 heavy (non-hydrogen) atoms. The van der Waals surface area contributed by atoms with E-state index in [0.29, 0.717) is 0 Å². The third-order valence-corrected chi connectivity index (χ3v) is 3.59. The molecule has 0 bridgehead atoms. The molecule has 0 saturated heterocycles. The second-order valence-electron chi connectivity index (χ2n) is 4.00. The largest absolute Gasteiger partial charge is 0.481 e. The summed E-state index contributed by atoms with van der Waals surface area (Å²) in [6, 6.07) is 0. The minimum absolute atomic E-state index is 0.0275. The number of halogens is 1. The van der Waals surface area contributed by atoms with Gasteiger partial charge >= 0.3 is 11.9 Å². The van der Waals surface area contributed by atoms with Crippen molar-refractivity contribution >= 4 is 11.9 Å². The summed E-state index contributed by atoms with van der Waals surface area (Å²) in [6.45, 7) is 0. The maximum Gasteiger partial charge on any atom is 0.325 e. The molecule has 2 aliphatic rings. The van der Waals surface area contributed by atoms with Crippen LogP contribution in [0.2, 0.25) is 0 Å². The number of alkyl halides is 1. The van der Waals surface area contributed by atoms with Gasteiger partial charge in [0.25, 0.3) is 0 Å². The normalized spacial score (nSPS) is 49.9. The highest BCUT2D eigenvalue weighted by atomic mass is 19.1. The Labute approximate surface area is 78.7 Å². The van der Waals surface area contributed by atoms with Crippen molar-refractivity contribution in [2.45, 2.75) is 24.6 Å². The van der Waals surface area contributed by atoms with Gasteiger partial charge < -0.3 is 15.9 Å². The van der Waals surface area contributed by atoms with Crippen molar-refractivity contribution in [1.82, 2.24) is 0 Å². The number of aliphatic carboxylic acids is 2. The van der Waals surface area contributed by atoms with Gasteiger partial charge in [0.2, 0.25) is 0 Å². The van der Waals surface area contributed by atoms with Crippen LogP contribution in [-0.4, -0.2) is 33.9 Å². The van der Waals surface area contributed by atoms with Crippen LogP contribution in [0.15, 0.2) is 0 Å². The highest BCUT2D eigenvalue weighted by molar-refractivity contribution is 5.94. The van der Waals surface area contributed by atoms with E-state index in [9.17, 15) is 14.0 Å². The van der Waals surface area contributed by atoms with Gasteiger partial charge in [-0.3, -0.25) is 9.59 Å². The molecule has 4 unspecified atom stereocenters.